The standard InChI is InChI=1S/C20H20N6O/c1-12-9-15(10-13(2)22-12)17-18(14-7-5-4-6-8-14)24-20(21)26-19(17)23-16(25-26)11-27-3/h4-10H,11H2,1-3H3,(H2,21,24). The average Bonchev–Trinajstić information content (AvgIpc) is 3.06. The predicted octanol–water partition coefficient (Wildman–Crippen LogP) is 3.20. The number of aryl methyl sites for hydroxylation is 2. The Kier molecular flexibility index (Phi) is 4.29. The van der Waals surface area contributed by atoms with Crippen molar-refractivity contribution in [1.29, 1.82) is 0 Å². The number of hydrogen-bond acceptors (Lipinski definition) is 6. The first-order valence-corrected chi connectivity index (χ1v) is 8.62. The summed E-state index contributed by atoms with van der Waals surface area (Å²) in [4.78, 5) is 13.8. The number of methoxy groups -OCH3 is 1. The minimum absolute atomic E-state index is 0.282. The summed E-state index contributed by atoms with van der Waals surface area (Å²) in [6.07, 6.45) is 0. The molecule has 7 heteroatoms. The van der Waals surface area contributed by atoms with Gasteiger partial charge in [0.25, 0.3) is 0 Å². The summed E-state index contributed by atoms with van der Waals surface area (Å²) in [6, 6.07) is 14.0. The molecule has 4 rings (SSSR count). The Morgan fingerprint density at radius 1 is 0.963 bits per heavy atom. The highest BCUT2D eigenvalue weighted by Gasteiger charge is 2.20. The number of nitrogens with zero attached hydrogens (tertiary/aromatic N) is 5. The van der Waals surface area contributed by atoms with Gasteiger partial charge >= 0.3 is 0 Å². The Hall–Kier alpha value is -3.32. The second-order valence-corrected chi connectivity index (χ2v) is 6.39. The van der Waals surface area contributed by atoms with E-state index in [2.05, 4.69) is 20.1 Å². The normalized spacial score (nSPS) is 11.2. The summed E-state index contributed by atoms with van der Waals surface area (Å²) in [7, 11) is 1.61. The fourth-order valence-corrected chi connectivity index (χ4v) is 3.24. The van der Waals surface area contributed by atoms with Crippen molar-refractivity contribution in [2.75, 3.05) is 12.8 Å². The number of pyridine rings is 1. The van der Waals surface area contributed by atoms with Crippen LogP contribution >= 0.6 is 0 Å². The van der Waals surface area contributed by atoms with Gasteiger partial charge in [0.05, 0.1) is 11.3 Å². The van der Waals surface area contributed by atoms with Gasteiger partial charge in [-0.3, -0.25) is 4.98 Å². The molecule has 136 valence electrons. The SMILES string of the molecule is COCc1nc2c(-c3cc(C)nc(C)c3)c(-c3ccccc3)nc(N)n2n1. The highest BCUT2D eigenvalue weighted by atomic mass is 16.5. The Balaban J connectivity index is 2.09. The van der Waals surface area contributed by atoms with Crippen molar-refractivity contribution < 1.29 is 4.74 Å². The zero-order valence-corrected chi connectivity index (χ0v) is 15.5. The quantitative estimate of drug-likeness (QED) is 0.601. The smallest absolute Gasteiger partial charge is 0.223 e. The molecule has 0 fully saturated rings. The van der Waals surface area contributed by atoms with E-state index in [1.807, 2.05) is 56.3 Å². The van der Waals surface area contributed by atoms with Gasteiger partial charge in [0, 0.05) is 24.1 Å². The fourth-order valence-electron chi connectivity index (χ4n) is 3.24. The third-order valence-electron chi connectivity index (χ3n) is 4.25. The number of ether oxygens (including phenoxy) is 1. The first-order valence-electron chi connectivity index (χ1n) is 8.62. The van der Waals surface area contributed by atoms with Crippen LogP contribution in [0, 0.1) is 13.8 Å². The molecule has 0 aliphatic heterocycles. The minimum Gasteiger partial charge on any atom is -0.377 e. The molecule has 0 saturated carbocycles. The molecule has 0 radical (unpaired) electrons. The Morgan fingerprint density at radius 3 is 2.33 bits per heavy atom. The van der Waals surface area contributed by atoms with Gasteiger partial charge in [-0.25, -0.2) is 9.97 Å². The minimum atomic E-state index is 0.282. The van der Waals surface area contributed by atoms with Gasteiger partial charge in [0.2, 0.25) is 5.95 Å². The molecule has 4 aromatic rings. The van der Waals surface area contributed by atoms with Gasteiger partial charge in [-0.2, -0.15) is 4.52 Å². The monoisotopic (exact) mass is 360 g/mol. The Bertz CT molecular complexity index is 1100. The predicted molar refractivity (Wildman–Crippen MR) is 104 cm³/mol. The maximum atomic E-state index is 6.21. The molecule has 3 aromatic heterocycles. The zero-order valence-electron chi connectivity index (χ0n) is 15.5. The molecule has 0 amide bonds. The topological polar surface area (TPSA) is 91.2 Å². The van der Waals surface area contributed by atoms with Crippen LogP contribution in [0.2, 0.25) is 0 Å². The second kappa shape index (κ2) is 6.77. The van der Waals surface area contributed by atoms with E-state index in [-0.39, 0.29) is 5.95 Å². The van der Waals surface area contributed by atoms with E-state index in [4.69, 9.17) is 10.5 Å². The van der Waals surface area contributed by atoms with Gasteiger partial charge in [0.1, 0.15) is 6.61 Å². The highest BCUT2D eigenvalue weighted by Crippen LogP contribution is 2.35. The van der Waals surface area contributed by atoms with Gasteiger partial charge < -0.3 is 10.5 Å². The molecule has 0 saturated heterocycles. The molecule has 0 spiro atoms. The van der Waals surface area contributed by atoms with Crippen molar-refractivity contribution in [3.63, 3.8) is 0 Å². The molecule has 0 bridgehead atoms. The fraction of sp³-hybridized carbons (Fsp3) is 0.200. The first kappa shape index (κ1) is 17.1. The lowest BCUT2D eigenvalue weighted by atomic mass is 9.99. The molecule has 0 atom stereocenters. The second-order valence-electron chi connectivity index (χ2n) is 6.39. The molecular formula is C20H20N6O. The number of nitrogens with two attached hydrogens (primary N) is 1. The van der Waals surface area contributed by atoms with Crippen LogP contribution in [0.4, 0.5) is 5.95 Å². The number of benzene rings is 1. The molecule has 0 aliphatic carbocycles. The summed E-state index contributed by atoms with van der Waals surface area (Å²) in [6.45, 7) is 4.25. The van der Waals surface area contributed by atoms with Crippen LogP contribution in [0.1, 0.15) is 17.2 Å². The van der Waals surface area contributed by atoms with Crippen molar-refractivity contribution >= 4 is 11.6 Å². The highest BCUT2D eigenvalue weighted by molar-refractivity contribution is 5.90. The van der Waals surface area contributed by atoms with E-state index >= 15 is 0 Å². The number of fused-ring (bicyclic) bond motifs is 1. The summed E-state index contributed by atoms with van der Waals surface area (Å²) >= 11 is 0. The van der Waals surface area contributed by atoms with E-state index < -0.39 is 0 Å². The summed E-state index contributed by atoms with van der Waals surface area (Å²) < 4.78 is 6.76. The van der Waals surface area contributed by atoms with E-state index in [0.717, 1.165) is 33.8 Å². The Morgan fingerprint density at radius 2 is 1.67 bits per heavy atom. The third kappa shape index (κ3) is 3.13. The lowest BCUT2D eigenvalue weighted by molar-refractivity contribution is 0.178. The lowest BCUT2D eigenvalue weighted by Gasteiger charge is -2.13. The van der Waals surface area contributed by atoms with Crippen molar-refractivity contribution in [2.45, 2.75) is 20.5 Å². The van der Waals surface area contributed by atoms with Gasteiger partial charge in [-0.15, -0.1) is 5.10 Å². The third-order valence-corrected chi connectivity index (χ3v) is 4.25. The van der Waals surface area contributed by atoms with Crippen molar-refractivity contribution in [2.24, 2.45) is 0 Å². The maximum absolute atomic E-state index is 6.21. The van der Waals surface area contributed by atoms with Crippen LogP contribution in [-0.4, -0.2) is 31.7 Å². The molecule has 1 aromatic carbocycles. The molecule has 0 unspecified atom stereocenters. The van der Waals surface area contributed by atoms with Gasteiger partial charge in [-0.1, -0.05) is 30.3 Å². The van der Waals surface area contributed by atoms with E-state index in [9.17, 15) is 0 Å². The molecule has 2 N–H and O–H groups in total. The maximum Gasteiger partial charge on any atom is 0.223 e. The van der Waals surface area contributed by atoms with Crippen LogP contribution in [0.15, 0.2) is 42.5 Å². The molecule has 3 heterocycles. The molecule has 0 aliphatic rings. The Labute approximate surface area is 156 Å². The van der Waals surface area contributed by atoms with E-state index in [0.29, 0.717) is 18.1 Å². The van der Waals surface area contributed by atoms with E-state index in [1.165, 1.54) is 0 Å². The van der Waals surface area contributed by atoms with Crippen molar-refractivity contribution in [3.05, 3.63) is 59.7 Å². The van der Waals surface area contributed by atoms with Crippen LogP contribution in [0.3, 0.4) is 0 Å². The summed E-state index contributed by atoms with van der Waals surface area (Å²) in [5.74, 6) is 0.838. The van der Waals surface area contributed by atoms with Crippen LogP contribution in [-0.2, 0) is 11.3 Å². The zero-order chi connectivity index (χ0) is 19.0. The molecule has 27 heavy (non-hydrogen) atoms. The molecular weight excluding hydrogens is 340 g/mol. The van der Waals surface area contributed by atoms with Crippen molar-refractivity contribution in [1.82, 2.24) is 24.6 Å². The number of aromatic nitrogens is 5. The lowest BCUT2D eigenvalue weighted by Crippen LogP contribution is -2.06. The summed E-state index contributed by atoms with van der Waals surface area (Å²) in [5.41, 5.74) is 12.3. The average molecular weight is 360 g/mol. The number of rotatable bonds is 4. The number of hydrogen-bond donors (Lipinski definition) is 1. The van der Waals surface area contributed by atoms with Crippen LogP contribution < -0.4 is 5.73 Å². The van der Waals surface area contributed by atoms with Crippen LogP contribution in [0.5, 0.6) is 0 Å². The van der Waals surface area contributed by atoms with Gasteiger partial charge in [-0.05, 0) is 31.5 Å². The first-order chi connectivity index (χ1) is 13.1. The molecule has 7 nitrogen and oxygen atoms in total. The summed E-state index contributed by atoms with van der Waals surface area (Å²) in [5, 5.41) is 4.45. The van der Waals surface area contributed by atoms with Crippen LogP contribution in [0.25, 0.3) is 28.0 Å². The number of anilines is 1. The van der Waals surface area contributed by atoms with Crippen molar-refractivity contribution in [3.8, 4) is 22.4 Å². The van der Waals surface area contributed by atoms with Gasteiger partial charge in [0.15, 0.2) is 11.5 Å². The largest absolute Gasteiger partial charge is 0.377 e. The van der Waals surface area contributed by atoms with E-state index in [1.54, 1.807) is 11.6 Å². The number of nitrogen functional groups attached to an aromatic ring is 1.